The average Bonchev–Trinajstić information content (AvgIpc) is 3.16. The standard InChI is InChI=1S/C17H23N5O4/c23-13-20-5-7-21(8-6-20)15-11-14(18-12-19-15)16(24)22-3-1-17(2-4-22)25-9-10-26-17/h11-13H,1-10H2. The molecule has 0 aliphatic carbocycles. The Bertz CT molecular complexity index is 661. The Morgan fingerprint density at radius 3 is 2.38 bits per heavy atom. The monoisotopic (exact) mass is 361 g/mol. The van der Waals surface area contributed by atoms with Crippen molar-refractivity contribution in [1.82, 2.24) is 19.8 Å². The lowest BCUT2D eigenvalue weighted by Gasteiger charge is -2.37. The molecule has 0 saturated carbocycles. The highest BCUT2D eigenvalue weighted by molar-refractivity contribution is 5.93. The Hall–Kier alpha value is -2.26. The number of hydrogen-bond donors (Lipinski definition) is 0. The molecule has 0 aromatic carbocycles. The summed E-state index contributed by atoms with van der Waals surface area (Å²) in [5.41, 5.74) is 0.400. The van der Waals surface area contributed by atoms with Gasteiger partial charge in [-0.2, -0.15) is 0 Å². The second kappa shape index (κ2) is 7.16. The molecule has 1 aromatic heterocycles. The Kier molecular flexibility index (Phi) is 4.73. The van der Waals surface area contributed by atoms with Crippen LogP contribution in [-0.2, 0) is 14.3 Å². The van der Waals surface area contributed by atoms with Gasteiger partial charge in [0, 0.05) is 58.2 Å². The highest BCUT2D eigenvalue weighted by Gasteiger charge is 2.41. The number of aromatic nitrogens is 2. The molecule has 140 valence electrons. The van der Waals surface area contributed by atoms with E-state index in [9.17, 15) is 9.59 Å². The van der Waals surface area contributed by atoms with Crippen LogP contribution in [0.1, 0.15) is 23.3 Å². The zero-order chi connectivity index (χ0) is 18.0. The van der Waals surface area contributed by atoms with E-state index >= 15 is 0 Å². The number of carbonyl (C=O) groups is 2. The lowest BCUT2D eigenvalue weighted by atomic mass is 10.0. The van der Waals surface area contributed by atoms with E-state index in [-0.39, 0.29) is 5.91 Å². The Morgan fingerprint density at radius 2 is 1.73 bits per heavy atom. The van der Waals surface area contributed by atoms with Gasteiger partial charge in [0.2, 0.25) is 6.41 Å². The van der Waals surface area contributed by atoms with Gasteiger partial charge in [0.05, 0.1) is 13.2 Å². The molecular weight excluding hydrogens is 338 g/mol. The van der Waals surface area contributed by atoms with E-state index in [2.05, 4.69) is 14.9 Å². The van der Waals surface area contributed by atoms with Crippen LogP contribution in [0.2, 0.25) is 0 Å². The maximum atomic E-state index is 12.8. The summed E-state index contributed by atoms with van der Waals surface area (Å²) >= 11 is 0. The van der Waals surface area contributed by atoms with E-state index in [0.29, 0.717) is 71.0 Å². The van der Waals surface area contributed by atoms with Gasteiger partial charge >= 0.3 is 0 Å². The van der Waals surface area contributed by atoms with Crippen LogP contribution in [0, 0.1) is 0 Å². The van der Waals surface area contributed by atoms with Crippen LogP contribution in [0.3, 0.4) is 0 Å². The highest BCUT2D eigenvalue weighted by Crippen LogP contribution is 2.31. The predicted molar refractivity (Wildman–Crippen MR) is 91.7 cm³/mol. The first-order valence-electron chi connectivity index (χ1n) is 9.03. The van der Waals surface area contributed by atoms with Crippen molar-refractivity contribution in [2.75, 3.05) is 57.4 Å². The topological polar surface area (TPSA) is 88.1 Å². The van der Waals surface area contributed by atoms with Crippen LogP contribution >= 0.6 is 0 Å². The molecule has 0 unspecified atom stereocenters. The van der Waals surface area contributed by atoms with Crippen molar-refractivity contribution < 1.29 is 19.1 Å². The molecule has 3 aliphatic heterocycles. The van der Waals surface area contributed by atoms with Crippen LogP contribution in [-0.4, -0.2) is 90.4 Å². The summed E-state index contributed by atoms with van der Waals surface area (Å²) < 4.78 is 11.4. The van der Waals surface area contributed by atoms with Crippen LogP contribution in [0.15, 0.2) is 12.4 Å². The number of ether oxygens (including phenoxy) is 2. The van der Waals surface area contributed by atoms with Crippen molar-refractivity contribution >= 4 is 18.1 Å². The number of anilines is 1. The first-order valence-corrected chi connectivity index (χ1v) is 9.03. The number of nitrogens with zero attached hydrogens (tertiary/aromatic N) is 5. The van der Waals surface area contributed by atoms with Crippen LogP contribution in [0.5, 0.6) is 0 Å². The first kappa shape index (κ1) is 17.2. The smallest absolute Gasteiger partial charge is 0.272 e. The zero-order valence-electron chi connectivity index (χ0n) is 14.7. The number of likely N-dealkylation sites (tertiary alicyclic amines) is 1. The number of carbonyl (C=O) groups excluding carboxylic acids is 2. The molecule has 0 atom stereocenters. The van der Waals surface area contributed by atoms with Gasteiger partial charge in [-0.1, -0.05) is 0 Å². The van der Waals surface area contributed by atoms with Gasteiger partial charge in [-0.15, -0.1) is 0 Å². The molecule has 4 rings (SSSR count). The molecule has 26 heavy (non-hydrogen) atoms. The minimum atomic E-state index is -0.494. The SMILES string of the molecule is O=CN1CCN(c2cc(C(=O)N3CCC4(CC3)OCCO4)ncn2)CC1. The normalized spacial score (nSPS) is 22.7. The molecule has 3 saturated heterocycles. The third-order valence-electron chi connectivity index (χ3n) is 5.29. The largest absolute Gasteiger partial charge is 0.353 e. The van der Waals surface area contributed by atoms with Gasteiger partial charge in [-0.3, -0.25) is 9.59 Å². The first-order chi connectivity index (χ1) is 12.7. The maximum absolute atomic E-state index is 12.8. The molecule has 9 nitrogen and oxygen atoms in total. The van der Waals surface area contributed by atoms with Gasteiger partial charge < -0.3 is 24.2 Å². The minimum absolute atomic E-state index is 0.0898. The van der Waals surface area contributed by atoms with Crippen LogP contribution in [0.4, 0.5) is 5.82 Å². The molecule has 0 N–H and O–H groups in total. The molecule has 1 aromatic rings. The summed E-state index contributed by atoms with van der Waals surface area (Å²) in [7, 11) is 0. The van der Waals surface area contributed by atoms with Crippen LogP contribution < -0.4 is 4.90 Å². The second-order valence-electron chi connectivity index (χ2n) is 6.79. The van der Waals surface area contributed by atoms with E-state index in [4.69, 9.17) is 9.47 Å². The molecule has 1 spiro atoms. The lowest BCUT2D eigenvalue weighted by Crippen LogP contribution is -2.47. The third kappa shape index (κ3) is 3.36. The maximum Gasteiger partial charge on any atom is 0.272 e. The van der Waals surface area contributed by atoms with Gasteiger partial charge in [0.1, 0.15) is 17.8 Å². The van der Waals surface area contributed by atoms with Crippen molar-refractivity contribution in [1.29, 1.82) is 0 Å². The molecular formula is C17H23N5O4. The summed E-state index contributed by atoms with van der Waals surface area (Å²) in [6, 6.07) is 1.74. The fourth-order valence-electron chi connectivity index (χ4n) is 3.69. The summed E-state index contributed by atoms with van der Waals surface area (Å²) in [5, 5.41) is 0. The van der Waals surface area contributed by atoms with E-state index in [1.165, 1.54) is 6.33 Å². The van der Waals surface area contributed by atoms with Crippen molar-refractivity contribution in [3.05, 3.63) is 18.1 Å². The highest BCUT2D eigenvalue weighted by atomic mass is 16.7. The van der Waals surface area contributed by atoms with E-state index in [1.807, 2.05) is 0 Å². The Balaban J connectivity index is 1.40. The second-order valence-corrected chi connectivity index (χ2v) is 6.79. The molecule has 3 fully saturated rings. The molecule has 0 bridgehead atoms. The van der Waals surface area contributed by atoms with Crippen molar-refractivity contribution in [3.63, 3.8) is 0 Å². The lowest BCUT2D eigenvalue weighted by molar-refractivity contribution is -0.181. The molecule has 9 heteroatoms. The average molecular weight is 361 g/mol. The van der Waals surface area contributed by atoms with Crippen molar-refractivity contribution in [2.45, 2.75) is 18.6 Å². The van der Waals surface area contributed by atoms with Gasteiger partial charge in [0.15, 0.2) is 5.79 Å². The fourth-order valence-corrected chi connectivity index (χ4v) is 3.69. The quantitative estimate of drug-likeness (QED) is 0.685. The number of piperazine rings is 1. The van der Waals surface area contributed by atoms with Gasteiger partial charge in [-0.25, -0.2) is 9.97 Å². The fraction of sp³-hybridized carbons (Fsp3) is 0.647. The number of rotatable bonds is 3. The number of piperidine rings is 1. The summed E-state index contributed by atoms with van der Waals surface area (Å²) in [6.07, 6.45) is 3.67. The van der Waals surface area contributed by atoms with E-state index in [0.717, 1.165) is 12.2 Å². The summed E-state index contributed by atoms with van der Waals surface area (Å²) in [4.78, 5) is 37.7. The number of amides is 2. The van der Waals surface area contributed by atoms with Crippen LogP contribution in [0.25, 0.3) is 0 Å². The van der Waals surface area contributed by atoms with Gasteiger partial charge in [0.25, 0.3) is 5.91 Å². The van der Waals surface area contributed by atoms with E-state index < -0.39 is 5.79 Å². The molecule has 0 radical (unpaired) electrons. The Morgan fingerprint density at radius 1 is 1.04 bits per heavy atom. The van der Waals surface area contributed by atoms with Crippen molar-refractivity contribution in [2.24, 2.45) is 0 Å². The zero-order valence-corrected chi connectivity index (χ0v) is 14.7. The summed E-state index contributed by atoms with van der Waals surface area (Å²) in [6.45, 7) is 5.15. The minimum Gasteiger partial charge on any atom is -0.353 e. The molecule has 4 heterocycles. The third-order valence-corrected chi connectivity index (χ3v) is 5.29. The van der Waals surface area contributed by atoms with E-state index in [1.54, 1.807) is 15.9 Å². The predicted octanol–water partition coefficient (Wildman–Crippen LogP) is -0.266. The molecule has 3 aliphatic rings. The molecule has 2 amide bonds. The van der Waals surface area contributed by atoms with Crippen molar-refractivity contribution in [3.8, 4) is 0 Å². The Labute approximate surface area is 151 Å². The summed E-state index contributed by atoms with van der Waals surface area (Å²) in [5.74, 6) is 0.143. The van der Waals surface area contributed by atoms with Gasteiger partial charge in [-0.05, 0) is 0 Å². The number of hydrogen-bond acceptors (Lipinski definition) is 7.